The van der Waals surface area contributed by atoms with E-state index >= 15 is 0 Å². The Morgan fingerprint density at radius 2 is 2.16 bits per heavy atom. The molecule has 2 rings (SSSR count). The van der Waals surface area contributed by atoms with Crippen molar-refractivity contribution in [3.63, 3.8) is 0 Å². The van der Waals surface area contributed by atoms with Crippen molar-refractivity contribution < 1.29 is 4.79 Å². The molecule has 1 amide bonds. The number of carbonyl (C=O) groups is 1. The van der Waals surface area contributed by atoms with Crippen molar-refractivity contribution in [2.45, 2.75) is 6.92 Å². The van der Waals surface area contributed by atoms with E-state index in [2.05, 4.69) is 15.5 Å². The molecule has 1 saturated heterocycles. The Hall–Kier alpha value is -1.10. The number of piperazine rings is 1. The zero-order valence-electron chi connectivity index (χ0n) is 11.2. The number of hydrogen-bond donors (Lipinski definition) is 2. The third kappa shape index (κ3) is 4.20. The molecular formula is C14H20ClN3O. The largest absolute Gasteiger partial charge is 0.351 e. The Morgan fingerprint density at radius 3 is 2.84 bits per heavy atom. The minimum atomic E-state index is -0.0971. The van der Waals surface area contributed by atoms with Gasteiger partial charge < -0.3 is 10.6 Å². The van der Waals surface area contributed by atoms with Gasteiger partial charge in [-0.3, -0.25) is 9.69 Å². The molecule has 0 aromatic heterocycles. The highest BCUT2D eigenvalue weighted by molar-refractivity contribution is 6.33. The summed E-state index contributed by atoms with van der Waals surface area (Å²) in [5.41, 5.74) is 1.61. The highest BCUT2D eigenvalue weighted by Crippen LogP contribution is 2.17. The molecule has 0 saturated carbocycles. The van der Waals surface area contributed by atoms with Crippen molar-refractivity contribution in [2.75, 3.05) is 39.3 Å². The van der Waals surface area contributed by atoms with Crippen molar-refractivity contribution in [3.05, 3.63) is 34.3 Å². The molecule has 0 bridgehead atoms. The monoisotopic (exact) mass is 281 g/mol. The number of halogens is 1. The predicted octanol–water partition coefficient (Wildman–Crippen LogP) is 1.28. The van der Waals surface area contributed by atoms with Gasteiger partial charge in [0.05, 0.1) is 10.6 Å². The van der Waals surface area contributed by atoms with E-state index in [-0.39, 0.29) is 5.91 Å². The Balaban J connectivity index is 1.80. The van der Waals surface area contributed by atoms with Gasteiger partial charge in [-0.15, -0.1) is 0 Å². The van der Waals surface area contributed by atoms with Gasteiger partial charge in [-0.1, -0.05) is 17.7 Å². The minimum absolute atomic E-state index is 0.0971. The second-order valence-corrected chi connectivity index (χ2v) is 5.24. The molecule has 0 aliphatic carbocycles. The molecule has 0 radical (unpaired) electrons. The van der Waals surface area contributed by atoms with Crippen LogP contribution in [0.2, 0.25) is 5.02 Å². The lowest BCUT2D eigenvalue weighted by Crippen LogP contribution is -2.46. The second-order valence-electron chi connectivity index (χ2n) is 4.83. The predicted molar refractivity (Wildman–Crippen MR) is 77.8 cm³/mol. The summed E-state index contributed by atoms with van der Waals surface area (Å²) in [6.07, 6.45) is 0. The second kappa shape index (κ2) is 6.89. The van der Waals surface area contributed by atoms with Crippen LogP contribution in [0.3, 0.4) is 0 Å². The van der Waals surface area contributed by atoms with Gasteiger partial charge in [0.25, 0.3) is 5.91 Å². The van der Waals surface area contributed by atoms with Gasteiger partial charge in [0.15, 0.2) is 0 Å². The van der Waals surface area contributed by atoms with E-state index in [4.69, 9.17) is 11.6 Å². The quantitative estimate of drug-likeness (QED) is 0.874. The van der Waals surface area contributed by atoms with Gasteiger partial charge >= 0.3 is 0 Å². The molecule has 1 heterocycles. The van der Waals surface area contributed by atoms with E-state index in [9.17, 15) is 4.79 Å². The summed E-state index contributed by atoms with van der Waals surface area (Å²) in [6, 6.07) is 5.49. The molecule has 0 spiro atoms. The van der Waals surface area contributed by atoms with Crippen LogP contribution in [0, 0.1) is 6.92 Å². The molecule has 2 N–H and O–H groups in total. The molecule has 19 heavy (non-hydrogen) atoms. The fraction of sp³-hybridized carbons (Fsp3) is 0.500. The average Bonchev–Trinajstić information content (AvgIpc) is 2.39. The van der Waals surface area contributed by atoms with Crippen molar-refractivity contribution in [1.29, 1.82) is 0 Å². The van der Waals surface area contributed by atoms with Crippen LogP contribution in [0.1, 0.15) is 15.9 Å². The maximum atomic E-state index is 12.0. The standard InChI is InChI=1S/C14H20ClN3O/c1-11-2-3-12(13(15)10-11)14(19)17-6-9-18-7-4-16-5-8-18/h2-3,10,16H,4-9H2,1H3,(H,17,19). The maximum Gasteiger partial charge on any atom is 0.252 e. The van der Waals surface area contributed by atoms with E-state index in [1.165, 1.54) is 0 Å². The Labute approximate surface area is 119 Å². The van der Waals surface area contributed by atoms with Crippen molar-refractivity contribution in [1.82, 2.24) is 15.5 Å². The highest BCUT2D eigenvalue weighted by Gasteiger charge is 2.12. The van der Waals surface area contributed by atoms with Gasteiger partial charge in [0, 0.05) is 39.3 Å². The molecule has 5 heteroatoms. The first-order chi connectivity index (χ1) is 9.16. The summed E-state index contributed by atoms with van der Waals surface area (Å²) in [5, 5.41) is 6.74. The number of amides is 1. The zero-order chi connectivity index (χ0) is 13.7. The average molecular weight is 282 g/mol. The normalized spacial score (nSPS) is 16.3. The van der Waals surface area contributed by atoms with Crippen molar-refractivity contribution in [3.8, 4) is 0 Å². The number of nitrogens with zero attached hydrogens (tertiary/aromatic N) is 1. The van der Waals surface area contributed by atoms with Crippen LogP contribution < -0.4 is 10.6 Å². The first kappa shape index (κ1) is 14.3. The molecule has 1 aliphatic rings. The van der Waals surface area contributed by atoms with Crippen LogP contribution in [0.5, 0.6) is 0 Å². The smallest absolute Gasteiger partial charge is 0.252 e. The van der Waals surface area contributed by atoms with Crippen LogP contribution in [0.25, 0.3) is 0 Å². The van der Waals surface area contributed by atoms with Gasteiger partial charge in [-0.25, -0.2) is 0 Å². The highest BCUT2D eigenvalue weighted by atomic mass is 35.5. The number of nitrogens with one attached hydrogen (secondary N) is 2. The zero-order valence-corrected chi connectivity index (χ0v) is 12.0. The van der Waals surface area contributed by atoms with Crippen LogP contribution >= 0.6 is 11.6 Å². The van der Waals surface area contributed by atoms with Crippen LogP contribution in [-0.4, -0.2) is 50.1 Å². The Kier molecular flexibility index (Phi) is 5.19. The van der Waals surface area contributed by atoms with E-state index in [0.717, 1.165) is 38.3 Å². The fourth-order valence-corrected chi connectivity index (χ4v) is 2.48. The first-order valence-electron chi connectivity index (χ1n) is 6.64. The molecule has 0 unspecified atom stereocenters. The molecule has 4 nitrogen and oxygen atoms in total. The van der Waals surface area contributed by atoms with Crippen LogP contribution in [0.4, 0.5) is 0 Å². The van der Waals surface area contributed by atoms with E-state index in [1.54, 1.807) is 6.07 Å². The summed E-state index contributed by atoms with van der Waals surface area (Å²) in [5.74, 6) is -0.0971. The molecular weight excluding hydrogens is 262 g/mol. The summed E-state index contributed by atoms with van der Waals surface area (Å²) >= 11 is 6.07. The molecule has 1 aromatic carbocycles. The lowest BCUT2D eigenvalue weighted by atomic mass is 10.1. The Bertz CT molecular complexity index is 444. The summed E-state index contributed by atoms with van der Waals surface area (Å²) in [4.78, 5) is 14.3. The molecule has 1 fully saturated rings. The third-order valence-electron chi connectivity index (χ3n) is 3.29. The number of rotatable bonds is 4. The van der Waals surface area contributed by atoms with Gasteiger partial charge in [-0.05, 0) is 24.6 Å². The van der Waals surface area contributed by atoms with E-state index in [1.807, 2.05) is 19.1 Å². The number of carbonyl (C=O) groups excluding carboxylic acids is 1. The van der Waals surface area contributed by atoms with Crippen LogP contribution in [-0.2, 0) is 0 Å². The third-order valence-corrected chi connectivity index (χ3v) is 3.61. The first-order valence-corrected chi connectivity index (χ1v) is 7.02. The molecule has 1 aromatic rings. The maximum absolute atomic E-state index is 12.0. The topological polar surface area (TPSA) is 44.4 Å². The van der Waals surface area contributed by atoms with Gasteiger partial charge in [0.1, 0.15) is 0 Å². The Morgan fingerprint density at radius 1 is 1.42 bits per heavy atom. The van der Waals surface area contributed by atoms with E-state index < -0.39 is 0 Å². The minimum Gasteiger partial charge on any atom is -0.351 e. The van der Waals surface area contributed by atoms with Crippen LogP contribution in [0.15, 0.2) is 18.2 Å². The van der Waals surface area contributed by atoms with Gasteiger partial charge in [0.2, 0.25) is 0 Å². The summed E-state index contributed by atoms with van der Waals surface area (Å²) < 4.78 is 0. The van der Waals surface area contributed by atoms with Crippen molar-refractivity contribution >= 4 is 17.5 Å². The lowest BCUT2D eigenvalue weighted by molar-refractivity contribution is 0.0947. The molecule has 104 valence electrons. The van der Waals surface area contributed by atoms with Crippen molar-refractivity contribution in [2.24, 2.45) is 0 Å². The molecule has 0 atom stereocenters. The number of benzene rings is 1. The number of aryl methyl sites for hydroxylation is 1. The SMILES string of the molecule is Cc1ccc(C(=O)NCCN2CCNCC2)c(Cl)c1. The van der Waals surface area contributed by atoms with E-state index in [0.29, 0.717) is 17.1 Å². The summed E-state index contributed by atoms with van der Waals surface area (Å²) in [7, 11) is 0. The summed E-state index contributed by atoms with van der Waals surface area (Å²) in [6.45, 7) is 7.63. The fourth-order valence-electron chi connectivity index (χ4n) is 2.16. The lowest BCUT2D eigenvalue weighted by Gasteiger charge is -2.27. The number of hydrogen-bond acceptors (Lipinski definition) is 3. The van der Waals surface area contributed by atoms with Gasteiger partial charge in [-0.2, -0.15) is 0 Å². The molecule has 1 aliphatic heterocycles.